The van der Waals surface area contributed by atoms with Crippen molar-refractivity contribution < 1.29 is 4.74 Å². The van der Waals surface area contributed by atoms with Crippen LogP contribution in [0, 0.1) is 0 Å². The maximum absolute atomic E-state index is 5.39. The molecule has 0 bridgehead atoms. The van der Waals surface area contributed by atoms with Gasteiger partial charge in [-0.15, -0.1) is 12.4 Å². The monoisotopic (exact) mass is 431 g/mol. The fourth-order valence-electron chi connectivity index (χ4n) is 5.02. The molecule has 3 heteroatoms. The molecule has 0 N–H and O–H groups in total. The third-order valence-electron chi connectivity index (χ3n) is 6.59. The van der Waals surface area contributed by atoms with E-state index in [1.54, 1.807) is 12.7 Å². The lowest BCUT2D eigenvalue weighted by Gasteiger charge is -2.30. The van der Waals surface area contributed by atoms with Crippen LogP contribution in [0.4, 0.5) is 0 Å². The maximum atomic E-state index is 5.39. The van der Waals surface area contributed by atoms with Crippen LogP contribution in [0.5, 0.6) is 5.75 Å². The number of nitrogens with zero attached hydrogens (tertiary/aromatic N) is 1. The number of aryl methyl sites for hydroxylation is 2. The van der Waals surface area contributed by atoms with Gasteiger partial charge in [0, 0.05) is 19.6 Å². The highest BCUT2D eigenvalue weighted by molar-refractivity contribution is 5.86. The van der Waals surface area contributed by atoms with Gasteiger partial charge in [-0.05, 0) is 71.2 Å². The molecule has 1 saturated heterocycles. The summed E-state index contributed by atoms with van der Waals surface area (Å²) in [4.78, 5) is 2.58. The average molecular weight is 432 g/mol. The summed E-state index contributed by atoms with van der Waals surface area (Å²) < 4.78 is 5.39. The van der Waals surface area contributed by atoms with E-state index in [1.807, 2.05) is 6.07 Å². The Kier molecular flexibility index (Phi) is 6.80. The number of piperidine rings is 1. The molecule has 0 amide bonds. The minimum Gasteiger partial charge on any atom is -0.497 e. The molecule has 160 valence electrons. The number of fused-ring (bicyclic) bond motifs is 2. The van der Waals surface area contributed by atoms with Gasteiger partial charge in [-0.1, -0.05) is 66.2 Å². The summed E-state index contributed by atoms with van der Waals surface area (Å²) in [6, 6.07) is 26.6. The van der Waals surface area contributed by atoms with Crippen molar-refractivity contribution in [1.29, 1.82) is 0 Å². The molecule has 0 saturated carbocycles. The van der Waals surface area contributed by atoms with E-state index in [-0.39, 0.29) is 12.4 Å². The Balaban J connectivity index is 0.00000231. The second-order valence-corrected chi connectivity index (χ2v) is 8.42. The molecule has 1 fully saturated rings. The molecule has 3 aromatic carbocycles. The normalized spacial score (nSPS) is 16.0. The van der Waals surface area contributed by atoms with Crippen molar-refractivity contribution >= 4 is 18.0 Å². The first kappa shape index (κ1) is 21.7. The Morgan fingerprint density at radius 3 is 1.97 bits per heavy atom. The lowest BCUT2D eigenvalue weighted by atomic mass is 9.86. The zero-order chi connectivity index (χ0) is 20.3. The summed E-state index contributed by atoms with van der Waals surface area (Å²) in [6.07, 6.45) is 4.54. The van der Waals surface area contributed by atoms with Crippen molar-refractivity contribution in [2.24, 2.45) is 0 Å². The van der Waals surface area contributed by atoms with Crippen molar-refractivity contribution in [1.82, 2.24) is 4.90 Å². The Morgan fingerprint density at radius 2 is 1.35 bits per heavy atom. The second kappa shape index (κ2) is 9.72. The molecule has 1 aliphatic heterocycles. The topological polar surface area (TPSA) is 12.5 Å². The van der Waals surface area contributed by atoms with Gasteiger partial charge < -0.3 is 4.74 Å². The number of likely N-dealkylation sites (tertiary alicyclic amines) is 1. The van der Waals surface area contributed by atoms with Gasteiger partial charge in [-0.25, -0.2) is 0 Å². The molecule has 2 aliphatic rings. The van der Waals surface area contributed by atoms with Gasteiger partial charge in [0.1, 0.15) is 5.75 Å². The van der Waals surface area contributed by atoms with Crippen LogP contribution in [0.25, 0.3) is 5.57 Å². The lowest BCUT2D eigenvalue weighted by molar-refractivity contribution is 0.248. The quantitative estimate of drug-likeness (QED) is 0.481. The SMILES string of the molecule is COc1cccc(CN2CCC(=C3c4ccccc4CCc4ccccc43)CC2)c1.Cl. The molecule has 0 unspecified atom stereocenters. The van der Waals surface area contributed by atoms with Crippen molar-refractivity contribution in [2.75, 3.05) is 20.2 Å². The predicted molar refractivity (Wildman–Crippen MR) is 131 cm³/mol. The zero-order valence-electron chi connectivity index (χ0n) is 18.1. The molecule has 0 radical (unpaired) electrons. The number of methoxy groups -OCH3 is 1. The number of ether oxygens (including phenoxy) is 1. The molecule has 3 aromatic rings. The molecule has 0 atom stereocenters. The number of rotatable bonds is 3. The molecule has 1 aliphatic carbocycles. The summed E-state index contributed by atoms with van der Waals surface area (Å²) >= 11 is 0. The second-order valence-electron chi connectivity index (χ2n) is 8.42. The maximum Gasteiger partial charge on any atom is 0.119 e. The van der Waals surface area contributed by atoms with Gasteiger partial charge in [-0.3, -0.25) is 4.90 Å². The molecule has 0 spiro atoms. The highest BCUT2D eigenvalue weighted by Crippen LogP contribution is 2.38. The average Bonchev–Trinajstić information content (AvgIpc) is 2.97. The van der Waals surface area contributed by atoms with Gasteiger partial charge in [0.2, 0.25) is 0 Å². The van der Waals surface area contributed by atoms with Gasteiger partial charge >= 0.3 is 0 Å². The van der Waals surface area contributed by atoms with Crippen molar-refractivity contribution in [2.45, 2.75) is 32.2 Å². The molecule has 5 rings (SSSR count). The smallest absolute Gasteiger partial charge is 0.119 e. The molecule has 2 nitrogen and oxygen atoms in total. The minimum atomic E-state index is 0. The first-order chi connectivity index (χ1) is 14.8. The van der Waals surface area contributed by atoms with Crippen LogP contribution >= 0.6 is 12.4 Å². The standard InChI is InChI=1S/C28H29NO.ClH/c1-30-25-10-6-7-21(19-25)20-29-17-15-24(16-18-29)28-26-11-4-2-8-22(26)13-14-23-9-3-5-12-27(23)28;/h2-12,19H,13-18,20H2,1H3;1H. The molecule has 31 heavy (non-hydrogen) atoms. The van der Waals surface area contributed by atoms with Crippen LogP contribution in [0.2, 0.25) is 0 Å². The fraction of sp³-hybridized carbons (Fsp3) is 0.286. The Bertz CT molecular complexity index is 1030. The molecule has 1 heterocycles. The third kappa shape index (κ3) is 4.56. The summed E-state index contributed by atoms with van der Waals surface area (Å²) in [5.74, 6) is 0.944. The van der Waals surface area contributed by atoms with Crippen LogP contribution in [0.1, 0.15) is 40.7 Å². The van der Waals surface area contributed by atoms with Crippen molar-refractivity contribution in [3.63, 3.8) is 0 Å². The van der Waals surface area contributed by atoms with E-state index in [4.69, 9.17) is 4.74 Å². The number of hydrogen-bond donors (Lipinski definition) is 0. The van der Waals surface area contributed by atoms with Gasteiger partial charge in [0.25, 0.3) is 0 Å². The van der Waals surface area contributed by atoms with E-state index in [2.05, 4.69) is 71.6 Å². The lowest BCUT2D eigenvalue weighted by Crippen LogP contribution is -2.30. The highest BCUT2D eigenvalue weighted by atomic mass is 35.5. The van der Waals surface area contributed by atoms with Gasteiger partial charge in [0.15, 0.2) is 0 Å². The van der Waals surface area contributed by atoms with Gasteiger partial charge in [-0.2, -0.15) is 0 Å². The van der Waals surface area contributed by atoms with E-state index >= 15 is 0 Å². The van der Waals surface area contributed by atoms with Crippen LogP contribution in [0.15, 0.2) is 78.4 Å². The minimum absolute atomic E-state index is 0. The van der Waals surface area contributed by atoms with Crippen LogP contribution in [0.3, 0.4) is 0 Å². The Morgan fingerprint density at radius 1 is 0.742 bits per heavy atom. The zero-order valence-corrected chi connectivity index (χ0v) is 19.0. The number of halogens is 1. The van der Waals surface area contributed by atoms with Crippen LogP contribution in [-0.4, -0.2) is 25.1 Å². The fourth-order valence-corrected chi connectivity index (χ4v) is 5.02. The third-order valence-corrected chi connectivity index (χ3v) is 6.59. The predicted octanol–water partition coefficient (Wildman–Crippen LogP) is 6.31. The Hall–Kier alpha value is -2.55. The number of benzene rings is 3. The van der Waals surface area contributed by atoms with Crippen LogP contribution < -0.4 is 4.74 Å². The molecule has 0 aromatic heterocycles. The number of hydrogen-bond acceptors (Lipinski definition) is 2. The highest BCUT2D eigenvalue weighted by Gasteiger charge is 2.23. The first-order valence-electron chi connectivity index (χ1n) is 11.1. The van der Waals surface area contributed by atoms with E-state index < -0.39 is 0 Å². The van der Waals surface area contributed by atoms with Crippen molar-refractivity contribution in [3.05, 3.63) is 106 Å². The largest absolute Gasteiger partial charge is 0.497 e. The van der Waals surface area contributed by atoms with E-state index in [1.165, 1.54) is 33.4 Å². The van der Waals surface area contributed by atoms with E-state index in [0.717, 1.165) is 51.1 Å². The molecular formula is C28H30ClNO. The summed E-state index contributed by atoms with van der Waals surface area (Å²) in [5, 5.41) is 0. The first-order valence-corrected chi connectivity index (χ1v) is 11.1. The van der Waals surface area contributed by atoms with Crippen molar-refractivity contribution in [3.8, 4) is 5.75 Å². The summed E-state index contributed by atoms with van der Waals surface area (Å²) in [7, 11) is 1.74. The van der Waals surface area contributed by atoms with E-state index in [0.29, 0.717) is 0 Å². The summed E-state index contributed by atoms with van der Waals surface area (Å²) in [6.45, 7) is 3.22. The van der Waals surface area contributed by atoms with Crippen LogP contribution in [-0.2, 0) is 19.4 Å². The summed E-state index contributed by atoms with van der Waals surface area (Å²) in [5.41, 5.74) is 10.4. The van der Waals surface area contributed by atoms with Gasteiger partial charge in [0.05, 0.1) is 7.11 Å². The molecular weight excluding hydrogens is 402 g/mol. The Labute approximate surface area is 192 Å². The van der Waals surface area contributed by atoms with E-state index in [9.17, 15) is 0 Å².